The molecule has 1 N–H and O–H groups in total. The van der Waals surface area contributed by atoms with Gasteiger partial charge in [0.1, 0.15) is 12.6 Å². The molecule has 0 radical (unpaired) electrons. The lowest BCUT2D eigenvalue weighted by molar-refractivity contribution is -0.139. The van der Waals surface area contributed by atoms with E-state index in [-0.39, 0.29) is 23.4 Å². The highest BCUT2D eigenvalue weighted by Gasteiger charge is 2.33. The highest BCUT2D eigenvalue weighted by atomic mass is 79.9. The van der Waals surface area contributed by atoms with E-state index in [4.69, 9.17) is 0 Å². The van der Waals surface area contributed by atoms with Crippen LogP contribution in [0.4, 0.5) is 5.69 Å². The van der Waals surface area contributed by atoms with Gasteiger partial charge in [0.05, 0.1) is 10.6 Å². The van der Waals surface area contributed by atoms with Crippen molar-refractivity contribution in [3.8, 4) is 0 Å². The zero-order valence-electron chi connectivity index (χ0n) is 23.9. The zero-order chi connectivity index (χ0) is 29.6. The van der Waals surface area contributed by atoms with Crippen molar-refractivity contribution < 1.29 is 18.0 Å². The van der Waals surface area contributed by atoms with Crippen LogP contribution in [0, 0.1) is 20.8 Å². The number of benzene rings is 3. The fourth-order valence-electron chi connectivity index (χ4n) is 4.22. The number of halogens is 1. The molecular formula is C31H38BrN3O4S. The van der Waals surface area contributed by atoms with E-state index in [1.54, 1.807) is 37.3 Å². The largest absolute Gasteiger partial charge is 0.352 e. The molecule has 3 aromatic carbocycles. The second-order valence-corrected chi connectivity index (χ2v) is 13.0. The van der Waals surface area contributed by atoms with Crippen LogP contribution in [-0.4, -0.2) is 43.8 Å². The van der Waals surface area contributed by atoms with E-state index in [9.17, 15) is 18.0 Å². The van der Waals surface area contributed by atoms with Crippen molar-refractivity contribution in [3.05, 3.63) is 93.5 Å². The maximum absolute atomic E-state index is 14.1. The molecule has 0 spiro atoms. The molecule has 7 nitrogen and oxygen atoms in total. The third-order valence-corrected chi connectivity index (χ3v) is 9.20. The number of sulfonamides is 1. The smallest absolute Gasteiger partial charge is 0.264 e. The predicted molar refractivity (Wildman–Crippen MR) is 164 cm³/mol. The Morgan fingerprint density at radius 1 is 0.925 bits per heavy atom. The summed E-state index contributed by atoms with van der Waals surface area (Å²) in [7, 11) is -4.11. The molecule has 0 saturated carbocycles. The van der Waals surface area contributed by atoms with Gasteiger partial charge in [0.2, 0.25) is 11.8 Å². The molecule has 40 heavy (non-hydrogen) atoms. The fourth-order valence-corrected chi connectivity index (χ4v) is 6.14. The third-order valence-electron chi connectivity index (χ3n) is 6.93. The molecule has 0 unspecified atom stereocenters. The second-order valence-electron chi connectivity index (χ2n) is 10.3. The van der Waals surface area contributed by atoms with Gasteiger partial charge in [-0.2, -0.15) is 0 Å². The fraction of sp³-hybridized carbons (Fsp3) is 0.355. The number of nitrogens with one attached hydrogen (secondary N) is 1. The van der Waals surface area contributed by atoms with Crippen LogP contribution in [0.3, 0.4) is 0 Å². The molecule has 9 heteroatoms. The quantitative estimate of drug-likeness (QED) is 0.287. The average Bonchev–Trinajstić information content (AvgIpc) is 2.91. The summed E-state index contributed by atoms with van der Waals surface area (Å²) in [5.74, 6) is -0.777. The Hall–Kier alpha value is -3.17. The molecule has 0 heterocycles. The van der Waals surface area contributed by atoms with Crippen molar-refractivity contribution in [1.29, 1.82) is 0 Å². The summed E-state index contributed by atoms with van der Waals surface area (Å²) < 4.78 is 30.1. The minimum Gasteiger partial charge on any atom is -0.352 e. The first kappa shape index (κ1) is 31.4. The molecule has 0 bridgehead atoms. The number of aryl methyl sites for hydroxylation is 3. The lowest BCUT2D eigenvalue weighted by Gasteiger charge is -2.33. The van der Waals surface area contributed by atoms with Crippen LogP contribution < -0.4 is 9.62 Å². The summed E-state index contributed by atoms with van der Waals surface area (Å²) >= 11 is 3.47. The predicted octanol–water partition coefficient (Wildman–Crippen LogP) is 5.90. The second kappa shape index (κ2) is 13.5. The summed E-state index contributed by atoms with van der Waals surface area (Å²) in [4.78, 5) is 28.8. The lowest BCUT2D eigenvalue weighted by atomic mass is 10.1. The van der Waals surface area contributed by atoms with Crippen LogP contribution in [0.15, 0.2) is 76.1 Å². The Balaban J connectivity index is 2.07. The van der Waals surface area contributed by atoms with Crippen LogP contribution >= 0.6 is 15.9 Å². The molecule has 214 valence electrons. The molecule has 0 aliphatic carbocycles. The Bertz CT molecular complexity index is 1460. The van der Waals surface area contributed by atoms with Crippen LogP contribution in [0.2, 0.25) is 0 Å². The molecule has 0 fully saturated rings. The molecule has 0 aromatic heterocycles. The van der Waals surface area contributed by atoms with E-state index in [0.717, 1.165) is 37.5 Å². The first-order valence-electron chi connectivity index (χ1n) is 13.3. The van der Waals surface area contributed by atoms with Gasteiger partial charge in [0.15, 0.2) is 0 Å². The van der Waals surface area contributed by atoms with Gasteiger partial charge >= 0.3 is 0 Å². The monoisotopic (exact) mass is 627 g/mol. The number of hydrogen-bond donors (Lipinski definition) is 1. The normalized spacial score (nSPS) is 12.9. The first-order valence-corrected chi connectivity index (χ1v) is 15.6. The van der Waals surface area contributed by atoms with Gasteiger partial charge in [0, 0.05) is 17.1 Å². The number of carbonyl (C=O) groups is 2. The molecular weight excluding hydrogens is 590 g/mol. The minimum absolute atomic E-state index is 0.0638. The third kappa shape index (κ3) is 7.73. The van der Waals surface area contributed by atoms with Crippen molar-refractivity contribution in [2.24, 2.45) is 0 Å². The maximum atomic E-state index is 14.1. The molecule has 0 aliphatic heterocycles. The summed E-state index contributed by atoms with van der Waals surface area (Å²) in [5.41, 5.74) is 3.74. The summed E-state index contributed by atoms with van der Waals surface area (Å²) in [6.07, 6.45) is 0.743. The van der Waals surface area contributed by atoms with Gasteiger partial charge in [-0.05, 0) is 88.1 Å². The molecule has 0 saturated heterocycles. The maximum Gasteiger partial charge on any atom is 0.264 e. The van der Waals surface area contributed by atoms with E-state index >= 15 is 0 Å². The Labute approximate surface area is 246 Å². The molecule has 2 atom stereocenters. The molecule has 3 rings (SSSR count). The number of carbonyl (C=O) groups excluding carboxylic acids is 2. The Kier molecular flexibility index (Phi) is 10.6. The number of amides is 2. The van der Waals surface area contributed by atoms with Crippen LogP contribution in [0.1, 0.15) is 49.4 Å². The van der Waals surface area contributed by atoms with E-state index in [0.29, 0.717) is 5.69 Å². The highest BCUT2D eigenvalue weighted by molar-refractivity contribution is 9.10. The van der Waals surface area contributed by atoms with Crippen molar-refractivity contribution in [2.45, 2.75) is 71.5 Å². The van der Waals surface area contributed by atoms with Gasteiger partial charge < -0.3 is 10.2 Å². The van der Waals surface area contributed by atoms with Gasteiger partial charge in [-0.3, -0.25) is 13.9 Å². The molecule has 0 aliphatic rings. The van der Waals surface area contributed by atoms with Crippen molar-refractivity contribution >= 4 is 43.5 Å². The number of anilines is 1. The zero-order valence-corrected chi connectivity index (χ0v) is 26.3. The Morgan fingerprint density at radius 2 is 1.57 bits per heavy atom. The van der Waals surface area contributed by atoms with Gasteiger partial charge in [-0.1, -0.05) is 64.8 Å². The Morgan fingerprint density at radius 3 is 2.20 bits per heavy atom. The highest BCUT2D eigenvalue weighted by Crippen LogP contribution is 2.29. The minimum atomic E-state index is -4.11. The SMILES string of the molecule is CC[C@@H](C)NC(=O)[C@@H](C)N(Cc1cccc(Br)c1)C(=O)CN(c1cc(C)ccc1C)S(=O)(=O)c1ccc(C)cc1. The van der Waals surface area contributed by atoms with Crippen molar-refractivity contribution in [1.82, 2.24) is 10.2 Å². The summed E-state index contributed by atoms with van der Waals surface area (Å²) in [5, 5.41) is 2.95. The number of rotatable bonds is 11. The van der Waals surface area contributed by atoms with Gasteiger partial charge in [-0.25, -0.2) is 8.42 Å². The standard InChI is InChI=1S/C31H38BrN3O4S/c1-7-24(5)33-31(37)25(6)34(19-26-9-8-10-27(32)18-26)30(36)20-35(29-17-22(3)11-14-23(29)4)40(38,39)28-15-12-21(2)13-16-28/h8-18,24-25H,7,19-20H2,1-6H3,(H,33,37)/t24-,25-/m1/s1. The van der Waals surface area contributed by atoms with Crippen molar-refractivity contribution in [2.75, 3.05) is 10.8 Å². The number of hydrogen-bond acceptors (Lipinski definition) is 4. The average molecular weight is 629 g/mol. The van der Waals surface area contributed by atoms with Gasteiger partial charge in [-0.15, -0.1) is 0 Å². The lowest BCUT2D eigenvalue weighted by Crippen LogP contribution is -2.52. The van der Waals surface area contributed by atoms with Crippen LogP contribution in [0.25, 0.3) is 0 Å². The van der Waals surface area contributed by atoms with E-state index < -0.39 is 28.5 Å². The van der Waals surface area contributed by atoms with Gasteiger partial charge in [0.25, 0.3) is 10.0 Å². The summed E-state index contributed by atoms with van der Waals surface area (Å²) in [6.45, 7) is 10.8. The van der Waals surface area contributed by atoms with Crippen molar-refractivity contribution in [3.63, 3.8) is 0 Å². The first-order chi connectivity index (χ1) is 18.8. The van der Waals surface area contributed by atoms with Crippen LogP contribution in [-0.2, 0) is 26.2 Å². The topological polar surface area (TPSA) is 86.8 Å². The number of nitrogens with zero attached hydrogens (tertiary/aromatic N) is 2. The molecule has 3 aromatic rings. The van der Waals surface area contributed by atoms with E-state index in [2.05, 4.69) is 21.2 Å². The van der Waals surface area contributed by atoms with E-state index in [1.165, 1.54) is 4.90 Å². The van der Waals surface area contributed by atoms with E-state index in [1.807, 2.05) is 71.0 Å². The van der Waals surface area contributed by atoms with Crippen LogP contribution in [0.5, 0.6) is 0 Å². The summed E-state index contributed by atoms with van der Waals surface area (Å²) in [6, 6.07) is 18.7. The molecule has 2 amide bonds.